The van der Waals surface area contributed by atoms with Gasteiger partial charge in [0.15, 0.2) is 0 Å². The third kappa shape index (κ3) is 5.76. The molecular formula is C12H22ClMgN. The molecule has 2 rings (SSSR count). The van der Waals surface area contributed by atoms with Crippen LogP contribution in [0.3, 0.4) is 0 Å². The van der Waals surface area contributed by atoms with Gasteiger partial charge >= 0.3 is 23.1 Å². The van der Waals surface area contributed by atoms with Gasteiger partial charge in [-0.05, 0) is 0 Å². The van der Waals surface area contributed by atoms with Crippen LogP contribution in [-0.4, -0.2) is 35.1 Å². The second kappa shape index (κ2) is 9.09. The maximum atomic E-state index is 5.00. The van der Waals surface area contributed by atoms with Gasteiger partial charge in [0.05, 0.1) is 0 Å². The molecule has 0 bridgehead atoms. The number of halogens is 1. The molecule has 2 saturated carbocycles. The van der Waals surface area contributed by atoms with Gasteiger partial charge in [-0.3, -0.25) is 0 Å². The maximum Gasteiger partial charge on any atom is 2.00 e. The molecule has 1 nitrogen and oxygen atoms in total. The van der Waals surface area contributed by atoms with Crippen LogP contribution in [0.15, 0.2) is 0 Å². The summed E-state index contributed by atoms with van der Waals surface area (Å²) in [6.07, 6.45) is 14.2. The van der Waals surface area contributed by atoms with Crippen molar-refractivity contribution in [3.63, 3.8) is 0 Å². The van der Waals surface area contributed by atoms with Crippen LogP contribution in [0, 0.1) is 0 Å². The van der Waals surface area contributed by atoms with Crippen LogP contribution < -0.4 is 12.4 Å². The molecule has 0 aromatic heterocycles. The maximum absolute atomic E-state index is 5.00. The molecule has 15 heavy (non-hydrogen) atoms. The van der Waals surface area contributed by atoms with E-state index in [0.717, 1.165) is 12.1 Å². The van der Waals surface area contributed by atoms with Gasteiger partial charge in [0.25, 0.3) is 0 Å². The topological polar surface area (TPSA) is 14.1 Å². The van der Waals surface area contributed by atoms with Gasteiger partial charge in [-0.2, -0.15) is 0 Å². The van der Waals surface area contributed by atoms with E-state index in [1.54, 1.807) is 0 Å². The molecule has 0 atom stereocenters. The molecule has 0 radical (unpaired) electrons. The summed E-state index contributed by atoms with van der Waals surface area (Å²) < 4.78 is 0. The summed E-state index contributed by atoms with van der Waals surface area (Å²) in [6, 6.07) is 1.49. The van der Waals surface area contributed by atoms with Crippen molar-refractivity contribution in [2.24, 2.45) is 0 Å². The Hall–Kier alpha value is 1.02. The molecule has 2 aliphatic rings. The van der Waals surface area contributed by atoms with Crippen LogP contribution >= 0.6 is 0 Å². The summed E-state index contributed by atoms with van der Waals surface area (Å²) in [6.45, 7) is 0. The predicted molar refractivity (Wildman–Crippen MR) is 62.9 cm³/mol. The summed E-state index contributed by atoms with van der Waals surface area (Å²) in [5, 5.41) is 5.00. The average Bonchev–Trinajstić information content (AvgIpc) is 2.21. The molecule has 84 valence electrons. The van der Waals surface area contributed by atoms with E-state index in [1.807, 2.05) is 0 Å². The fraction of sp³-hybridized carbons (Fsp3) is 1.00. The number of nitrogens with zero attached hydrogens (tertiary/aromatic N) is 1. The van der Waals surface area contributed by atoms with Gasteiger partial charge in [0.1, 0.15) is 0 Å². The second-order valence-corrected chi connectivity index (χ2v) is 4.73. The fourth-order valence-corrected chi connectivity index (χ4v) is 2.76. The smallest absolute Gasteiger partial charge is 1.00 e. The van der Waals surface area contributed by atoms with E-state index >= 15 is 0 Å². The molecule has 0 aromatic carbocycles. The Morgan fingerprint density at radius 1 is 0.600 bits per heavy atom. The van der Waals surface area contributed by atoms with Crippen LogP contribution in [-0.2, 0) is 0 Å². The zero-order valence-corrected chi connectivity index (χ0v) is 11.9. The van der Waals surface area contributed by atoms with E-state index in [1.165, 1.54) is 64.2 Å². The number of hydrogen-bond donors (Lipinski definition) is 0. The zero-order chi connectivity index (χ0) is 8.93. The molecule has 2 fully saturated rings. The summed E-state index contributed by atoms with van der Waals surface area (Å²) in [4.78, 5) is 0. The first kappa shape index (κ1) is 16.0. The quantitative estimate of drug-likeness (QED) is 0.629. The molecule has 3 heteroatoms. The van der Waals surface area contributed by atoms with Crippen molar-refractivity contribution in [2.45, 2.75) is 76.3 Å². The van der Waals surface area contributed by atoms with Gasteiger partial charge in [0.2, 0.25) is 0 Å². The molecule has 0 spiro atoms. The third-order valence-corrected chi connectivity index (χ3v) is 3.57. The Morgan fingerprint density at radius 3 is 1.27 bits per heavy atom. The minimum atomic E-state index is 0. The fourth-order valence-electron chi connectivity index (χ4n) is 2.76. The summed E-state index contributed by atoms with van der Waals surface area (Å²) in [5.41, 5.74) is 0. The SMILES string of the molecule is C1CCC([N-]C2CCCCC2)CC1.[Cl-].[Mg+2]. The van der Waals surface area contributed by atoms with Crippen molar-refractivity contribution in [3.8, 4) is 0 Å². The van der Waals surface area contributed by atoms with Gasteiger partial charge in [-0.15, -0.1) is 12.1 Å². The van der Waals surface area contributed by atoms with Crippen molar-refractivity contribution < 1.29 is 12.4 Å². The summed E-state index contributed by atoms with van der Waals surface area (Å²) in [5.74, 6) is 0. The van der Waals surface area contributed by atoms with Gasteiger partial charge in [0, 0.05) is 0 Å². The van der Waals surface area contributed by atoms with Gasteiger partial charge < -0.3 is 17.7 Å². The van der Waals surface area contributed by atoms with Crippen molar-refractivity contribution in [1.82, 2.24) is 0 Å². The predicted octanol–water partition coefficient (Wildman–Crippen LogP) is 0.649. The zero-order valence-electron chi connectivity index (χ0n) is 9.76. The summed E-state index contributed by atoms with van der Waals surface area (Å²) in [7, 11) is 0. The summed E-state index contributed by atoms with van der Waals surface area (Å²) >= 11 is 0. The Labute approximate surface area is 117 Å². The Morgan fingerprint density at radius 2 is 0.933 bits per heavy atom. The van der Waals surface area contributed by atoms with Crippen molar-refractivity contribution in [3.05, 3.63) is 5.32 Å². The Balaban J connectivity index is 0.000000980. The first-order chi connectivity index (χ1) is 6.45. The monoisotopic (exact) mass is 239 g/mol. The number of hydrogen-bond acceptors (Lipinski definition) is 0. The molecule has 0 heterocycles. The van der Waals surface area contributed by atoms with Gasteiger partial charge in [-0.25, -0.2) is 0 Å². The van der Waals surface area contributed by atoms with E-state index in [9.17, 15) is 0 Å². The minimum Gasteiger partial charge on any atom is -1.00 e. The van der Waals surface area contributed by atoms with E-state index in [2.05, 4.69) is 0 Å². The third-order valence-electron chi connectivity index (χ3n) is 3.57. The Kier molecular flexibility index (Phi) is 9.70. The molecular weight excluding hydrogens is 218 g/mol. The van der Waals surface area contributed by atoms with Crippen LogP contribution in [0.4, 0.5) is 0 Å². The molecule has 0 amide bonds. The van der Waals surface area contributed by atoms with Crippen LogP contribution in [0.2, 0.25) is 0 Å². The first-order valence-corrected chi connectivity index (χ1v) is 6.15. The standard InChI is InChI=1S/C12H22N.ClH.Mg/c1-3-7-11(8-4-1)13-12-9-5-2-6-10-12;;/h11-12H,1-10H2;1H;/q-1;;+2/p-1. The molecule has 0 saturated heterocycles. The van der Waals surface area contributed by atoms with Gasteiger partial charge in [-0.1, -0.05) is 64.2 Å². The first-order valence-electron chi connectivity index (χ1n) is 6.15. The molecule has 0 N–H and O–H groups in total. The normalized spacial score (nSPS) is 24.0. The molecule has 2 aliphatic carbocycles. The average molecular weight is 240 g/mol. The molecule has 0 aromatic rings. The van der Waals surface area contributed by atoms with Crippen molar-refractivity contribution in [2.75, 3.05) is 0 Å². The minimum absolute atomic E-state index is 0. The Bertz CT molecular complexity index is 127. The molecule has 0 aliphatic heterocycles. The van der Waals surface area contributed by atoms with Crippen LogP contribution in [0.1, 0.15) is 64.2 Å². The number of rotatable bonds is 2. The molecule has 0 unspecified atom stereocenters. The van der Waals surface area contributed by atoms with Crippen molar-refractivity contribution in [1.29, 1.82) is 0 Å². The van der Waals surface area contributed by atoms with Crippen molar-refractivity contribution >= 4 is 23.1 Å². The largest absolute Gasteiger partial charge is 2.00 e. The van der Waals surface area contributed by atoms with E-state index in [4.69, 9.17) is 5.32 Å². The second-order valence-electron chi connectivity index (χ2n) is 4.73. The van der Waals surface area contributed by atoms with Crippen LogP contribution in [0.5, 0.6) is 0 Å². The van der Waals surface area contributed by atoms with E-state index < -0.39 is 0 Å². The van der Waals surface area contributed by atoms with Crippen LogP contribution in [0.25, 0.3) is 5.32 Å². The van der Waals surface area contributed by atoms with E-state index in [0.29, 0.717) is 0 Å². The van der Waals surface area contributed by atoms with E-state index in [-0.39, 0.29) is 35.5 Å².